The zero-order chi connectivity index (χ0) is 16.4. The molecule has 0 aliphatic carbocycles. The van der Waals surface area contributed by atoms with Gasteiger partial charge in [-0.3, -0.25) is 14.4 Å². The molecule has 0 saturated carbocycles. The van der Waals surface area contributed by atoms with Crippen LogP contribution < -0.4 is 0 Å². The summed E-state index contributed by atoms with van der Waals surface area (Å²) in [5.41, 5.74) is 0. The molecule has 6 N–H and O–H groups in total. The van der Waals surface area contributed by atoms with Gasteiger partial charge in [-0.25, -0.2) is 0 Å². The van der Waals surface area contributed by atoms with Gasteiger partial charge in [0.2, 0.25) is 0 Å². The van der Waals surface area contributed by atoms with Gasteiger partial charge in [-0.2, -0.15) is 0 Å². The van der Waals surface area contributed by atoms with Gasteiger partial charge >= 0.3 is 11.9 Å². The molecule has 0 rings (SSSR count). The first-order valence-electron chi connectivity index (χ1n) is 5.00. The van der Waals surface area contributed by atoms with E-state index in [9.17, 15) is 9.59 Å². The third-order valence-corrected chi connectivity index (χ3v) is 0.817. The van der Waals surface area contributed by atoms with Gasteiger partial charge in [0, 0.05) is 14.0 Å². The number of aliphatic carboxylic acids is 3. The Hall–Kier alpha value is -1.71. The van der Waals surface area contributed by atoms with Gasteiger partial charge in [0.1, 0.15) is 0 Å². The number of carboxylic acid groups (broad SMARTS) is 3. The molecule has 0 aliphatic heterocycles. The number of hydrogen-bond donors (Lipinski definition) is 6. The van der Waals surface area contributed by atoms with E-state index >= 15 is 0 Å². The van der Waals surface area contributed by atoms with Crippen LogP contribution in [0.1, 0.15) is 26.7 Å². The number of aliphatic hydroxyl groups is 3. The molecule has 1 atom stereocenters. The number of hydrogen-bond acceptors (Lipinski definition) is 6. The third-order valence-electron chi connectivity index (χ3n) is 0.817. The van der Waals surface area contributed by atoms with E-state index in [-0.39, 0.29) is 19.4 Å². The van der Waals surface area contributed by atoms with Crippen molar-refractivity contribution in [1.29, 1.82) is 0 Å². The molecule has 0 bridgehead atoms. The van der Waals surface area contributed by atoms with Gasteiger partial charge in [-0.15, -0.1) is 0 Å². The second-order valence-corrected chi connectivity index (χ2v) is 2.84. The lowest BCUT2D eigenvalue weighted by Gasteiger charge is -1.90. The van der Waals surface area contributed by atoms with E-state index < -0.39 is 24.0 Å². The molecular formula is C10H22O9. The van der Waals surface area contributed by atoms with Crippen LogP contribution in [0.3, 0.4) is 0 Å². The van der Waals surface area contributed by atoms with Crippen LogP contribution in [0.2, 0.25) is 0 Å². The molecule has 19 heavy (non-hydrogen) atoms. The summed E-state index contributed by atoms with van der Waals surface area (Å²) in [6.45, 7) is 2.47. The van der Waals surface area contributed by atoms with Crippen molar-refractivity contribution in [2.24, 2.45) is 0 Å². The van der Waals surface area contributed by atoms with Gasteiger partial charge < -0.3 is 30.6 Å². The van der Waals surface area contributed by atoms with Crippen LogP contribution in [0, 0.1) is 0 Å². The monoisotopic (exact) mass is 286 g/mol. The third kappa shape index (κ3) is 119. The summed E-state index contributed by atoms with van der Waals surface area (Å²) in [5, 5.41) is 46.2. The summed E-state index contributed by atoms with van der Waals surface area (Å²) < 4.78 is 0. The molecule has 0 radical (unpaired) electrons. The highest BCUT2D eigenvalue weighted by atomic mass is 16.4. The Kier molecular flexibility index (Phi) is 29.5. The SMILES string of the molecule is CC(=O)O.CC(O)CO.CO.O=C(O)CCC(=O)O. The second-order valence-electron chi connectivity index (χ2n) is 2.84. The minimum absolute atomic E-state index is 0.139. The van der Waals surface area contributed by atoms with E-state index in [1.54, 1.807) is 0 Å². The van der Waals surface area contributed by atoms with Crippen molar-refractivity contribution >= 4 is 17.9 Å². The van der Waals surface area contributed by atoms with Gasteiger partial charge in [-0.1, -0.05) is 0 Å². The average molecular weight is 286 g/mol. The maximum absolute atomic E-state index is 9.64. The Balaban J connectivity index is -0.0000000886. The summed E-state index contributed by atoms with van der Waals surface area (Å²) in [6, 6.07) is 0. The van der Waals surface area contributed by atoms with Gasteiger partial charge in [-0.05, 0) is 6.92 Å². The van der Waals surface area contributed by atoms with Gasteiger partial charge in [0.05, 0.1) is 25.6 Å². The van der Waals surface area contributed by atoms with Crippen molar-refractivity contribution in [1.82, 2.24) is 0 Å². The number of aliphatic hydroxyl groups excluding tert-OH is 3. The van der Waals surface area contributed by atoms with Crippen molar-refractivity contribution in [2.45, 2.75) is 32.8 Å². The van der Waals surface area contributed by atoms with Crippen LogP contribution in [-0.4, -0.2) is 68.4 Å². The topological polar surface area (TPSA) is 173 Å². The minimum Gasteiger partial charge on any atom is -0.481 e. The predicted molar refractivity (Wildman–Crippen MR) is 64.7 cm³/mol. The van der Waals surface area contributed by atoms with E-state index in [1.807, 2.05) is 0 Å². The van der Waals surface area contributed by atoms with E-state index in [1.165, 1.54) is 6.92 Å². The van der Waals surface area contributed by atoms with Crippen LogP contribution >= 0.6 is 0 Å². The standard InChI is InChI=1S/C4H6O4.C3H8O2.C2H4O2.CH4O/c5-3(6)1-2-4(7)8;1-3(5)2-4;1-2(3)4;1-2/h1-2H2,(H,5,6)(H,7,8);3-5H,2H2,1H3;1H3,(H,3,4);2H,1H3. The maximum Gasteiger partial charge on any atom is 0.303 e. The Morgan fingerprint density at radius 1 is 0.947 bits per heavy atom. The van der Waals surface area contributed by atoms with Crippen LogP contribution in [0.4, 0.5) is 0 Å². The highest BCUT2D eigenvalue weighted by molar-refractivity contribution is 5.75. The number of rotatable bonds is 4. The van der Waals surface area contributed by atoms with Gasteiger partial charge in [0.25, 0.3) is 5.97 Å². The van der Waals surface area contributed by atoms with Crippen LogP contribution in [0.15, 0.2) is 0 Å². The molecular weight excluding hydrogens is 264 g/mol. The van der Waals surface area contributed by atoms with Crippen LogP contribution in [0.5, 0.6) is 0 Å². The van der Waals surface area contributed by atoms with Crippen LogP contribution in [-0.2, 0) is 14.4 Å². The minimum atomic E-state index is -1.08. The molecule has 0 aliphatic rings. The Morgan fingerprint density at radius 2 is 1.11 bits per heavy atom. The van der Waals surface area contributed by atoms with E-state index in [2.05, 4.69) is 0 Å². The average Bonchev–Trinajstić information content (AvgIpc) is 2.29. The Morgan fingerprint density at radius 3 is 1.16 bits per heavy atom. The lowest BCUT2D eigenvalue weighted by atomic mass is 10.3. The molecule has 0 saturated heterocycles. The van der Waals surface area contributed by atoms with E-state index in [0.717, 1.165) is 14.0 Å². The summed E-state index contributed by atoms with van der Waals surface area (Å²) in [6.07, 6.45) is -1.15. The highest BCUT2D eigenvalue weighted by Gasteiger charge is 2.00. The molecule has 0 amide bonds. The van der Waals surface area contributed by atoms with Crippen molar-refractivity contribution < 1.29 is 45.0 Å². The van der Waals surface area contributed by atoms with E-state index in [4.69, 9.17) is 35.4 Å². The van der Waals surface area contributed by atoms with Crippen molar-refractivity contribution in [3.05, 3.63) is 0 Å². The van der Waals surface area contributed by atoms with Crippen molar-refractivity contribution in [2.75, 3.05) is 13.7 Å². The summed E-state index contributed by atoms with van der Waals surface area (Å²) in [4.78, 5) is 28.3. The van der Waals surface area contributed by atoms with Crippen molar-refractivity contribution in [3.8, 4) is 0 Å². The summed E-state index contributed by atoms with van der Waals surface area (Å²) in [7, 11) is 1.00. The smallest absolute Gasteiger partial charge is 0.303 e. The highest BCUT2D eigenvalue weighted by Crippen LogP contribution is 1.86. The first kappa shape index (κ1) is 26.0. The molecule has 116 valence electrons. The lowest BCUT2D eigenvalue weighted by Crippen LogP contribution is -2.03. The number of carbonyl (C=O) groups is 3. The molecule has 0 aromatic heterocycles. The largest absolute Gasteiger partial charge is 0.481 e. The summed E-state index contributed by atoms with van der Waals surface area (Å²) >= 11 is 0. The fraction of sp³-hybridized carbons (Fsp3) is 0.700. The predicted octanol–water partition coefficient (Wildman–Crippen LogP) is -1.01. The fourth-order valence-electron chi connectivity index (χ4n) is 0.214. The Labute approximate surface area is 110 Å². The molecule has 0 aromatic carbocycles. The Bertz CT molecular complexity index is 207. The fourth-order valence-corrected chi connectivity index (χ4v) is 0.214. The number of carboxylic acids is 3. The quantitative estimate of drug-likeness (QED) is 0.378. The normalized spacial score (nSPS) is 9.16. The molecule has 0 fully saturated rings. The molecule has 9 nitrogen and oxygen atoms in total. The molecule has 1 unspecified atom stereocenters. The molecule has 9 heteroatoms. The zero-order valence-corrected chi connectivity index (χ0v) is 11.1. The molecule has 0 spiro atoms. The lowest BCUT2D eigenvalue weighted by molar-refractivity contribution is -0.143. The molecule has 0 heterocycles. The zero-order valence-electron chi connectivity index (χ0n) is 11.1. The van der Waals surface area contributed by atoms with Crippen LogP contribution in [0.25, 0.3) is 0 Å². The molecule has 0 aromatic rings. The first-order chi connectivity index (χ1) is 8.63. The maximum atomic E-state index is 9.64. The second kappa shape index (κ2) is 21.6. The van der Waals surface area contributed by atoms with Crippen molar-refractivity contribution in [3.63, 3.8) is 0 Å². The van der Waals surface area contributed by atoms with E-state index in [0.29, 0.717) is 0 Å². The first-order valence-corrected chi connectivity index (χ1v) is 5.00. The summed E-state index contributed by atoms with van der Waals surface area (Å²) in [5.74, 6) is -2.99. The van der Waals surface area contributed by atoms with Gasteiger partial charge in [0.15, 0.2) is 0 Å².